The van der Waals surface area contributed by atoms with Gasteiger partial charge in [-0.05, 0) is 54.4 Å². The first-order valence-electron chi connectivity index (χ1n) is 8.11. The van der Waals surface area contributed by atoms with Crippen LogP contribution in [-0.4, -0.2) is 0 Å². The van der Waals surface area contributed by atoms with Crippen LogP contribution in [0.15, 0.2) is 30.5 Å². The van der Waals surface area contributed by atoms with E-state index in [9.17, 15) is 0 Å². The van der Waals surface area contributed by atoms with Crippen LogP contribution in [0.4, 0.5) is 0 Å². The molecule has 0 aliphatic rings. The SMILES string of the molecule is C=C=C(C)c1cc(CC)ccc1CC[C@@H](C)CCCC. The zero-order valence-electron chi connectivity index (χ0n) is 13.8. The predicted octanol–water partition coefficient (Wildman–Crippen LogP) is 6.20. The van der Waals surface area contributed by atoms with Crippen LogP contribution in [0.5, 0.6) is 0 Å². The van der Waals surface area contributed by atoms with Crippen molar-refractivity contribution in [3.63, 3.8) is 0 Å². The molecule has 0 saturated heterocycles. The van der Waals surface area contributed by atoms with Crippen molar-refractivity contribution in [3.8, 4) is 0 Å². The van der Waals surface area contributed by atoms with Gasteiger partial charge in [0.05, 0.1) is 0 Å². The highest BCUT2D eigenvalue weighted by Gasteiger charge is 2.08. The van der Waals surface area contributed by atoms with Crippen LogP contribution >= 0.6 is 0 Å². The Labute approximate surface area is 125 Å². The monoisotopic (exact) mass is 270 g/mol. The van der Waals surface area contributed by atoms with Crippen LogP contribution < -0.4 is 0 Å². The number of hydrogen-bond acceptors (Lipinski definition) is 0. The number of hydrogen-bond donors (Lipinski definition) is 0. The van der Waals surface area contributed by atoms with Gasteiger partial charge in [-0.3, -0.25) is 0 Å². The molecule has 0 heterocycles. The summed E-state index contributed by atoms with van der Waals surface area (Å²) >= 11 is 0. The summed E-state index contributed by atoms with van der Waals surface area (Å²) in [7, 11) is 0. The summed E-state index contributed by atoms with van der Waals surface area (Å²) < 4.78 is 0. The third-order valence-corrected chi connectivity index (χ3v) is 4.21. The van der Waals surface area contributed by atoms with Crippen molar-refractivity contribution in [2.75, 3.05) is 0 Å². The van der Waals surface area contributed by atoms with Crippen LogP contribution in [0, 0.1) is 5.92 Å². The van der Waals surface area contributed by atoms with Gasteiger partial charge in [0.2, 0.25) is 0 Å². The van der Waals surface area contributed by atoms with E-state index in [1.165, 1.54) is 54.4 Å². The fourth-order valence-electron chi connectivity index (χ4n) is 2.60. The number of rotatable bonds is 8. The zero-order valence-corrected chi connectivity index (χ0v) is 13.8. The summed E-state index contributed by atoms with van der Waals surface area (Å²) in [4.78, 5) is 0. The minimum absolute atomic E-state index is 0.821. The molecule has 0 aliphatic heterocycles. The first-order valence-corrected chi connectivity index (χ1v) is 8.11. The highest BCUT2D eigenvalue weighted by atomic mass is 14.1. The third kappa shape index (κ3) is 5.02. The predicted molar refractivity (Wildman–Crippen MR) is 91.1 cm³/mol. The van der Waals surface area contributed by atoms with Crippen molar-refractivity contribution in [3.05, 3.63) is 47.2 Å². The van der Waals surface area contributed by atoms with Gasteiger partial charge in [0, 0.05) is 0 Å². The molecule has 0 unspecified atom stereocenters. The minimum Gasteiger partial charge on any atom is -0.125 e. The summed E-state index contributed by atoms with van der Waals surface area (Å²) in [5.74, 6) is 0.821. The Morgan fingerprint density at radius 2 is 2.00 bits per heavy atom. The molecule has 110 valence electrons. The molecule has 0 saturated carbocycles. The number of allylic oxidation sites excluding steroid dienone is 1. The minimum atomic E-state index is 0.821. The van der Waals surface area contributed by atoms with E-state index in [-0.39, 0.29) is 0 Å². The first-order chi connectivity index (χ1) is 9.62. The maximum Gasteiger partial charge on any atom is -0.00224 e. The van der Waals surface area contributed by atoms with Crippen molar-refractivity contribution in [2.45, 2.75) is 66.2 Å². The molecule has 1 rings (SSSR count). The van der Waals surface area contributed by atoms with Gasteiger partial charge < -0.3 is 0 Å². The Bertz CT molecular complexity index is 461. The van der Waals surface area contributed by atoms with Gasteiger partial charge in [-0.25, -0.2) is 0 Å². The second-order valence-electron chi connectivity index (χ2n) is 5.93. The molecule has 1 atom stereocenters. The summed E-state index contributed by atoms with van der Waals surface area (Å²) in [6.45, 7) is 12.8. The van der Waals surface area contributed by atoms with Crippen LogP contribution in [0.1, 0.15) is 70.1 Å². The number of aryl methyl sites for hydroxylation is 2. The maximum atomic E-state index is 3.81. The van der Waals surface area contributed by atoms with Gasteiger partial charge in [0.25, 0.3) is 0 Å². The van der Waals surface area contributed by atoms with E-state index in [0.29, 0.717) is 0 Å². The quantitative estimate of drug-likeness (QED) is 0.494. The van der Waals surface area contributed by atoms with Gasteiger partial charge >= 0.3 is 0 Å². The lowest BCUT2D eigenvalue weighted by Gasteiger charge is -2.14. The molecule has 0 fully saturated rings. The molecule has 1 aromatic rings. The Hall–Kier alpha value is -1.26. The Kier molecular flexibility index (Phi) is 7.41. The number of benzene rings is 1. The summed E-state index contributed by atoms with van der Waals surface area (Å²) in [5.41, 5.74) is 8.45. The topological polar surface area (TPSA) is 0 Å². The lowest BCUT2D eigenvalue weighted by molar-refractivity contribution is 0.472. The lowest BCUT2D eigenvalue weighted by Crippen LogP contribution is -2.00. The average molecular weight is 270 g/mol. The van der Waals surface area contributed by atoms with E-state index in [1.807, 2.05) is 0 Å². The normalized spacial score (nSPS) is 12.0. The largest absolute Gasteiger partial charge is 0.125 e. The van der Waals surface area contributed by atoms with Crippen LogP contribution in [0.2, 0.25) is 0 Å². The van der Waals surface area contributed by atoms with Crippen LogP contribution in [0.3, 0.4) is 0 Å². The zero-order chi connectivity index (χ0) is 15.0. The van der Waals surface area contributed by atoms with Crippen molar-refractivity contribution in [2.24, 2.45) is 5.92 Å². The van der Waals surface area contributed by atoms with Crippen molar-refractivity contribution in [1.29, 1.82) is 0 Å². The van der Waals surface area contributed by atoms with Crippen LogP contribution in [-0.2, 0) is 12.8 Å². The summed E-state index contributed by atoms with van der Waals surface area (Å²) in [5, 5.41) is 0. The molecular weight excluding hydrogens is 240 g/mol. The van der Waals surface area contributed by atoms with Crippen molar-refractivity contribution in [1.82, 2.24) is 0 Å². The molecule has 0 heteroatoms. The molecule has 0 spiro atoms. The fraction of sp³-hybridized carbons (Fsp3) is 0.550. The highest BCUT2D eigenvalue weighted by molar-refractivity contribution is 5.66. The van der Waals surface area contributed by atoms with Gasteiger partial charge in [-0.15, -0.1) is 5.73 Å². The smallest absolute Gasteiger partial charge is 0.00224 e. The summed E-state index contributed by atoms with van der Waals surface area (Å²) in [6.07, 6.45) is 7.55. The molecule has 0 N–H and O–H groups in total. The molecule has 0 aromatic heterocycles. The Morgan fingerprint density at radius 1 is 1.25 bits per heavy atom. The molecule has 0 radical (unpaired) electrons. The van der Waals surface area contributed by atoms with Crippen molar-refractivity contribution >= 4 is 5.57 Å². The van der Waals surface area contributed by atoms with E-state index in [0.717, 1.165) is 12.3 Å². The van der Waals surface area contributed by atoms with E-state index < -0.39 is 0 Å². The molecule has 1 aromatic carbocycles. The maximum absolute atomic E-state index is 3.81. The van der Waals surface area contributed by atoms with Crippen molar-refractivity contribution < 1.29 is 0 Å². The molecular formula is C20H30. The molecule has 0 nitrogen and oxygen atoms in total. The standard InChI is InChI=1S/C20H30/c1-6-9-10-16(4)11-13-19-14-12-18(8-3)15-20(19)17(5)7-2/h12,14-16H,2,6,8-11,13H2,1,3-5H3/t16-/m0/s1. The van der Waals surface area contributed by atoms with Gasteiger partial charge in [0.15, 0.2) is 0 Å². The lowest BCUT2D eigenvalue weighted by atomic mass is 9.91. The highest BCUT2D eigenvalue weighted by Crippen LogP contribution is 2.24. The average Bonchev–Trinajstić information content (AvgIpc) is 2.49. The fourth-order valence-corrected chi connectivity index (χ4v) is 2.60. The third-order valence-electron chi connectivity index (χ3n) is 4.21. The second kappa shape index (κ2) is 8.82. The van der Waals surface area contributed by atoms with E-state index in [2.05, 4.69) is 58.2 Å². The van der Waals surface area contributed by atoms with Gasteiger partial charge in [-0.1, -0.05) is 64.8 Å². The van der Waals surface area contributed by atoms with E-state index >= 15 is 0 Å². The summed E-state index contributed by atoms with van der Waals surface area (Å²) in [6, 6.07) is 6.90. The van der Waals surface area contributed by atoms with Crippen LogP contribution in [0.25, 0.3) is 5.57 Å². The van der Waals surface area contributed by atoms with E-state index in [4.69, 9.17) is 0 Å². The van der Waals surface area contributed by atoms with Gasteiger partial charge in [-0.2, -0.15) is 0 Å². The second-order valence-corrected chi connectivity index (χ2v) is 5.93. The Morgan fingerprint density at radius 3 is 2.60 bits per heavy atom. The van der Waals surface area contributed by atoms with E-state index in [1.54, 1.807) is 0 Å². The molecule has 0 amide bonds. The molecule has 20 heavy (non-hydrogen) atoms. The molecule has 0 aliphatic carbocycles. The first kappa shape index (κ1) is 16.8. The number of unbranched alkanes of at least 4 members (excludes halogenated alkanes) is 1. The Balaban J connectivity index is 2.81. The molecule has 0 bridgehead atoms. The van der Waals surface area contributed by atoms with Gasteiger partial charge in [0.1, 0.15) is 0 Å².